The van der Waals surface area contributed by atoms with Crippen molar-refractivity contribution in [2.75, 3.05) is 19.6 Å². The van der Waals surface area contributed by atoms with Gasteiger partial charge in [-0.25, -0.2) is 8.42 Å². The minimum absolute atomic E-state index is 0.172. The van der Waals surface area contributed by atoms with E-state index >= 15 is 0 Å². The Bertz CT molecular complexity index is 768. The molecule has 1 fully saturated rings. The van der Waals surface area contributed by atoms with Crippen LogP contribution in [0.25, 0.3) is 10.8 Å². The van der Waals surface area contributed by atoms with Crippen LogP contribution >= 0.6 is 0 Å². The third-order valence-electron chi connectivity index (χ3n) is 3.88. The number of hydrogen-bond acceptors (Lipinski definition) is 4. The zero-order valence-corrected chi connectivity index (χ0v) is 13.0. The van der Waals surface area contributed by atoms with E-state index in [9.17, 15) is 8.42 Å². The summed E-state index contributed by atoms with van der Waals surface area (Å²) in [6.07, 6.45) is 3.42. The Labute approximate surface area is 125 Å². The van der Waals surface area contributed by atoms with E-state index in [0.29, 0.717) is 24.5 Å². The SMILES string of the molecule is Cc1cncc2cccc(S(=O)(=O)N3CCNC(C)C3)c12. The monoisotopic (exact) mass is 305 g/mol. The minimum atomic E-state index is -3.48. The number of nitrogens with zero attached hydrogens (tertiary/aromatic N) is 2. The predicted molar refractivity (Wildman–Crippen MR) is 82.7 cm³/mol. The third kappa shape index (κ3) is 2.54. The standard InChI is InChI=1S/C15H19N3O2S/c1-11-8-16-9-13-4-3-5-14(15(11)13)21(19,20)18-7-6-17-12(2)10-18/h3-5,8-9,12,17H,6-7,10H2,1-2H3. The Morgan fingerprint density at radius 1 is 1.33 bits per heavy atom. The fourth-order valence-electron chi connectivity index (χ4n) is 2.84. The maximum absolute atomic E-state index is 13.0. The Kier molecular flexibility index (Phi) is 3.69. The van der Waals surface area contributed by atoms with Gasteiger partial charge in [0.15, 0.2) is 0 Å². The normalized spacial score (nSPS) is 20.8. The number of fused-ring (bicyclic) bond motifs is 1. The lowest BCUT2D eigenvalue weighted by Crippen LogP contribution is -2.51. The molecule has 1 aromatic carbocycles. The van der Waals surface area contributed by atoms with Gasteiger partial charge in [0.25, 0.3) is 0 Å². The zero-order chi connectivity index (χ0) is 15.0. The molecule has 6 heteroatoms. The van der Waals surface area contributed by atoms with Crippen molar-refractivity contribution in [2.24, 2.45) is 0 Å². The maximum Gasteiger partial charge on any atom is 0.243 e. The van der Waals surface area contributed by atoms with Gasteiger partial charge >= 0.3 is 0 Å². The van der Waals surface area contributed by atoms with E-state index in [4.69, 9.17) is 0 Å². The van der Waals surface area contributed by atoms with Crippen LogP contribution < -0.4 is 5.32 Å². The van der Waals surface area contributed by atoms with E-state index in [2.05, 4.69) is 10.3 Å². The summed E-state index contributed by atoms with van der Waals surface area (Å²) in [5, 5.41) is 4.90. The van der Waals surface area contributed by atoms with Crippen LogP contribution in [0.4, 0.5) is 0 Å². The second kappa shape index (κ2) is 5.36. The molecule has 1 unspecified atom stereocenters. The van der Waals surface area contributed by atoms with E-state index in [-0.39, 0.29) is 6.04 Å². The van der Waals surface area contributed by atoms with Crippen molar-refractivity contribution in [3.8, 4) is 0 Å². The molecule has 5 nitrogen and oxygen atoms in total. The summed E-state index contributed by atoms with van der Waals surface area (Å²) in [5.74, 6) is 0. The molecule has 1 N–H and O–H groups in total. The highest BCUT2D eigenvalue weighted by Crippen LogP contribution is 2.28. The molecule has 1 atom stereocenters. The summed E-state index contributed by atoms with van der Waals surface area (Å²) in [5.41, 5.74) is 0.884. The molecule has 1 saturated heterocycles. The molecule has 21 heavy (non-hydrogen) atoms. The first-order chi connectivity index (χ1) is 10.00. The Morgan fingerprint density at radius 3 is 2.90 bits per heavy atom. The average molecular weight is 305 g/mol. The van der Waals surface area contributed by atoms with E-state index in [1.54, 1.807) is 28.8 Å². The number of aryl methyl sites for hydroxylation is 1. The second-order valence-corrected chi connectivity index (χ2v) is 7.44. The summed E-state index contributed by atoms with van der Waals surface area (Å²) in [4.78, 5) is 4.53. The van der Waals surface area contributed by atoms with Crippen LogP contribution in [-0.4, -0.2) is 43.4 Å². The van der Waals surface area contributed by atoms with Gasteiger partial charge < -0.3 is 5.32 Å². The molecule has 112 valence electrons. The average Bonchev–Trinajstić information content (AvgIpc) is 2.47. The molecule has 2 heterocycles. The Hall–Kier alpha value is -1.50. The molecular formula is C15H19N3O2S. The molecule has 0 saturated carbocycles. The molecule has 1 aliphatic heterocycles. The molecule has 2 aromatic rings. The topological polar surface area (TPSA) is 62.3 Å². The first kappa shape index (κ1) is 14.4. The van der Waals surface area contributed by atoms with Crippen LogP contribution in [0, 0.1) is 6.92 Å². The van der Waals surface area contributed by atoms with Gasteiger partial charge in [0, 0.05) is 48.8 Å². The van der Waals surface area contributed by atoms with E-state index in [0.717, 1.165) is 16.3 Å². The summed E-state index contributed by atoms with van der Waals surface area (Å²) in [7, 11) is -3.48. The molecule has 0 bridgehead atoms. The molecular weight excluding hydrogens is 286 g/mol. The largest absolute Gasteiger partial charge is 0.312 e. The minimum Gasteiger partial charge on any atom is -0.312 e. The third-order valence-corrected chi connectivity index (χ3v) is 5.79. The quantitative estimate of drug-likeness (QED) is 0.914. The lowest BCUT2D eigenvalue weighted by Gasteiger charge is -2.31. The van der Waals surface area contributed by atoms with Crippen LogP contribution in [0.15, 0.2) is 35.5 Å². The van der Waals surface area contributed by atoms with Crippen molar-refractivity contribution in [1.29, 1.82) is 0 Å². The fraction of sp³-hybridized carbons (Fsp3) is 0.400. The number of pyridine rings is 1. The van der Waals surface area contributed by atoms with Gasteiger partial charge in [0.2, 0.25) is 10.0 Å². The van der Waals surface area contributed by atoms with Gasteiger partial charge in [-0.15, -0.1) is 0 Å². The maximum atomic E-state index is 13.0. The molecule has 1 aromatic heterocycles. The molecule has 0 amide bonds. The van der Waals surface area contributed by atoms with Gasteiger partial charge in [-0.3, -0.25) is 4.98 Å². The summed E-state index contributed by atoms with van der Waals surface area (Å²) in [6, 6.07) is 5.54. The smallest absolute Gasteiger partial charge is 0.243 e. The van der Waals surface area contributed by atoms with Crippen molar-refractivity contribution in [2.45, 2.75) is 24.8 Å². The van der Waals surface area contributed by atoms with Gasteiger partial charge in [0.1, 0.15) is 0 Å². The van der Waals surface area contributed by atoms with Crippen molar-refractivity contribution >= 4 is 20.8 Å². The van der Waals surface area contributed by atoms with E-state index in [1.807, 2.05) is 19.9 Å². The first-order valence-corrected chi connectivity index (χ1v) is 8.51. The molecule has 1 aliphatic rings. The number of piperazine rings is 1. The number of rotatable bonds is 2. The number of benzene rings is 1. The van der Waals surface area contributed by atoms with Crippen LogP contribution in [-0.2, 0) is 10.0 Å². The van der Waals surface area contributed by atoms with Gasteiger partial charge in [-0.2, -0.15) is 4.31 Å². The highest BCUT2D eigenvalue weighted by molar-refractivity contribution is 7.89. The second-order valence-electron chi connectivity index (χ2n) is 5.53. The van der Waals surface area contributed by atoms with Crippen LogP contribution in [0.5, 0.6) is 0 Å². The predicted octanol–water partition coefficient (Wildman–Crippen LogP) is 1.53. The number of nitrogens with one attached hydrogen (secondary N) is 1. The van der Waals surface area contributed by atoms with Crippen molar-refractivity contribution in [3.63, 3.8) is 0 Å². The van der Waals surface area contributed by atoms with Crippen LogP contribution in [0.2, 0.25) is 0 Å². The van der Waals surface area contributed by atoms with Gasteiger partial charge in [-0.1, -0.05) is 12.1 Å². The molecule has 0 radical (unpaired) electrons. The van der Waals surface area contributed by atoms with Crippen LogP contribution in [0.1, 0.15) is 12.5 Å². The first-order valence-electron chi connectivity index (χ1n) is 7.07. The number of sulfonamides is 1. The lowest BCUT2D eigenvalue weighted by molar-refractivity contribution is 0.310. The van der Waals surface area contributed by atoms with Crippen molar-refractivity contribution < 1.29 is 8.42 Å². The summed E-state index contributed by atoms with van der Waals surface area (Å²) >= 11 is 0. The van der Waals surface area contributed by atoms with E-state index in [1.165, 1.54) is 0 Å². The van der Waals surface area contributed by atoms with E-state index < -0.39 is 10.0 Å². The number of hydrogen-bond donors (Lipinski definition) is 1. The summed E-state index contributed by atoms with van der Waals surface area (Å²) in [6.45, 7) is 5.59. The lowest BCUT2D eigenvalue weighted by atomic mass is 10.1. The fourth-order valence-corrected chi connectivity index (χ4v) is 4.66. The Morgan fingerprint density at radius 2 is 2.14 bits per heavy atom. The van der Waals surface area contributed by atoms with Crippen LogP contribution in [0.3, 0.4) is 0 Å². The zero-order valence-electron chi connectivity index (χ0n) is 12.2. The molecule has 0 aliphatic carbocycles. The van der Waals surface area contributed by atoms with Crippen molar-refractivity contribution in [3.05, 3.63) is 36.2 Å². The highest BCUT2D eigenvalue weighted by Gasteiger charge is 2.30. The van der Waals surface area contributed by atoms with Gasteiger partial charge in [0.05, 0.1) is 4.90 Å². The Balaban J connectivity index is 2.15. The number of aromatic nitrogens is 1. The van der Waals surface area contributed by atoms with Gasteiger partial charge in [-0.05, 0) is 25.5 Å². The van der Waals surface area contributed by atoms with Crippen molar-refractivity contribution in [1.82, 2.24) is 14.6 Å². The molecule has 0 spiro atoms. The highest BCUT2D eigenvalue weighted by atomic mass is 32.2. The molecule has 3 rings (SSSR count). The summed E-state index contributed by atoms with van der Waals surface area (Å²) < 4.78 is 27.5.